The minimum atomic E-state index is 0.197. The summed E-state index contributed by atoms with van der Waals surface area (Å²) in [4.78, 5) is 4.41. The van der Waals surface area contributed by atoms with Crippen LogP contribution in [0.1, 0.15) is 23.7 Å². The topological polar surface area (TPSA) is 57.0 Å². The number of rotatable bonds is 2. The van der Waals surface area contributed by atoms with Crippen LogP contribution < -0.4 is 5.73 Å². The molecular weight excluding hydrogens is 238 g/mol. The molecule has 0 spiro atoms. The van der Waals surface area contributed by atoms with Crippen LogP contribution in [0.25, 0.3) is 0 Å². The third-order valence-corrected chi connectivity index (χ3v) is 3.49. The summed E-state index contributed by atoms with van der Waals surface area (Å²) < 4.78 is 7.47. The highest BCUT2D eigenvalue weighted by Gasteiger charge is 2.22. The molecule has 1 atom stereocenters. The fourth-order valence-corrected chi connectivity index (χ4v) is 2.60. The molecule has 1 aliphatic rings. The summed E-state index contributed by atoms with van der Waals surface area (Å²) >= 11 is 6.15. The Morgan fingerprint density at radius 1 is 1.59 bits per heavy atom. The number of fused-ring (bicyclic) bond motifs is 1. The lowest BCUT2D eigenvalue weighted by molar-refractivity contribution is 0.444. The Morgan fingerprint density at radius 2 is 2.47 bits per heavy atom. The van der Waals surface area contributed by atoms with Gasteiger partial charge in [-0.3, -0.25) is 0 Å². The van der Waals surface area contributed by atoms with Gasteiger partial charge in [-0.25, -0.2) is 4.98 Å². The van der Waals surface area contributed by atoms with E-state index < -0.39 is 0 Å². The average molecular weight is 252 g/mol. The van der Waals surface area contributed by atoms with Gasteiger partial charge >= 0.3 is 0 Å². The van der Waals surface area contributed by atoms with Crippen molar-refractivity contribution in [2.75, 3.05) is 0 Å². The van der Waals surface area contributed by atoms with Crippen molar-refractivity contribution in [1.82, 2.24) is 9.55 Å². The van der Waals surface area contributed by atoms with Gasteiger partial charge in [0.1, 0.15) is 11.6 Å². The van der Waals surface area contributed by atoms with Crippen LogP contribution >= 0.6 is 11.6 Å². The van der Waals surface area contributed by atoms with E-state index in [9.17, 15) is 0 Å². The Hall–Kier alpha value is -1.26. The second kappa shape index (κ2) is 4.20. The molecule has 17 heavy (non-hydrogen) atoms. The molecule has 1 aliphatic heterocycles. The van der Waals surface area contributed by atoms with Gasteiger partial charge in [0, 0.05) is 12.6 Å². The van der Waals surface area contributed by atoms with E-state index in [1.165, 1.54) is 0 Å². The highest BCUT2D eigenvalue weighted by atomic mass is 35.5. The van der Waals surface area contributed by atoms with Crippen molar-refractivity contribution in [1.29, 1.82) is 0 Å². The molecule has 0 saturated heterocycles. The van der Waals surface area contributed by atoms with Crippen molar-refractivity contribution >= 4 is 11.6 Å². The van der Waals surface area contributed by atoms with Crippen LogP contribution in [-0.4, -0.2) is 15.6 Å². The van der Waals surface area contributed by atoms with Gasteiger partial charge in [-0.2, -0.15) is 0 Å². The fourth-order valence-electron chi connectivity index (χ4n) is 2.31. The van der Waals surface area contributed by atoms with Crippen molar-refractivity contribution in [3.63, 3.8) is 0 Å². The lowest BCUT2D eigenvalue weighted by atomic mass is 10.1. The third kappa shape index (κ3) is 1.98. The van der Waals surface area contributed by atoms with Crippen LogP contribution in [0.15, 0.2) is 22.8 Å². The average Bonchev–Trinajstić information content (AvgIpc) is 2.89. The molecule has 0 fully saturated rings. The van der Waals surface area contributed by atoms with E-state index in [1.807, 2.05) is 12.1 Å². The van der Waals surface area contributed by atoms with Crippen LogP contribution in [-0.2, 0) is 19.4 Å². The standard InChI is InChI=1S/C12H14ClN3O/c13-12-10-4-3-8(14)7-16(10)11(15-12)6-9-2-1-5-17-9/h1-2,5,8H,3-4,6-7,14H2. The zero-order chi connectivity index (χ0) is 11.8. The van der Waals surface area contributed by atoms with E-state index in [0.29, 0.717) is 11.6 Å². The molecule has 90 valence electrons. The van der Waals surface area contributed by atoms with Crippen molar-refractivity contribution in [3.05, 3.63) is 40.8 Å². The van der Waals surface area contributed by atoms with Crippen molar-refractivity contribution in [2.24, 2.45) is 5.73 Å². The van der Waals surface area contributed by atoms with Gasteiger partial charge in [0.05, 0.1) is 18.4 Å². The lowest BCUT2D eigenvalue weighted by Crippen LogP contribution is -2.32. The Balaban J connectivity index is 1.95. The number of hydrogen-bond donors (Lipinski definition) is 1. The maximum atomic E-state index is 6.15. The predicted octanol–water partition coefficient (Wildman–Crippen LogP) is 1.99. The van der Waals surface area contributed by atoms with E-state index in [2.05, 4.69) is 9.55 Å². The first kappa shape index (κ1) is 10.9. The molecule has 2 N–H and O–H groups in total. The van der Waals surface area contributed by atoms with Gasteiger partial charge in [-0.1, -0.05) is 11.6 Å². The minimum Gasteiger partial charge on any atom is -0.469 e. The van der Waals surface area contributed by atoms with Gasteiger partial charge in [0.2, 0.25) is 0 Å². The zero-order valence-corrected chi connectivity index (χ0v) is 10.2. The number of aromatic nitrogens is 2. The first-order valence-corrected chi connectivity index (χ1v) is 6.13. The van der Waals surface area contributed by atoms with Crippen molar-refractivity contribution < 1.29 is 4.42 Å². The molecule has 4 nitrogen and oxygen atoms in total. The van der Waals surface area contributed by atoms with E-state index in [-0.39, 0.29) is 6.04 Å². The largest absolute Gasteiger partial charge is 0.469 e. The summed E-state index contributed by atoms with van der Waals surface area (Å²) in [7, 11) is 0. The fraction of sp³-hybridized carbons (Fsp3) is 0.417. The Labute approximate surface area is 104 Å². The summed E-state index contributed by atoms with van der Waals surface area (Å²) in [5.41, 5.74) is 7.09. The number of furan rings is 1. The number of imidazole rings is 1. The van der Waals surface area contributed by atoms with Gasteiger partial charge in [-0.05, 0) is 25.0 Å². The van der Waals surface area contributed by atoms with Gasteiger partial charge < -0.3 is 14.7 Å². The number of nitrogens with two attached hydrogens (primary N) is 1. The maximum Gasteiger partial charge on any atom is 0.150 e. The van der Waals surface area contributed by atoms with Crippen LogP contribution in [0, 0.1) is 0 Å². The molecule has 3 heterocycles. The molecule has 2 aromatic rings. The summed E-state index contributed by atoms with van der Waals surface area (Å²) in [6.07, 6.45) is 4.22. The molecule has 5 heteroatoms. The molecule has 0 radical (unpaired) electrons. The third-order valence-electron chi connectivity index (χ3n) is 3.18. The van der Waals surface area contributed by atoms with Crippen LogP contribution in [0.2, 0.25) is 5.15 Å². The molecular formula is C12H14ClN3O. The second-order valence-electron chi connectivity index (χ2n) is 4.43. The summed E-state index contributed by atoms with van der Waals surface area (Å²) in [6, 6.07) is 4.02. The van der Waals surface area contributed by atoms with Crippen molar-refractivity contribution in [2.45, 2.75) is 31.8 Å². The van der Waals surface area contributed by atoms with Gasteiger partial charge in [0.25, 0.3) is 0 Å². The maximum absolute atomic E-state index is 6.15. The lowest BCUT2D eigenvalue weighted by Gasteiger charge is -2.22. The Bertz CT molecular complexity index is 518. The molecule has 2 aromatic heterocycles. The van der Waals surface area contributed by atoms with Crippen LogP contribution in [0.5, 0.6) is 0 Å². The normalized spacial score (nSPS) is 19.3. The second-order valence-corrected chi connectivity index (χ2v) is 4.79. The highest BCUT2D eigenvalue weighted by molar-refractivity contribution is 6.30. The van der Waals surface area contributed by atoms with Crippen molar-refractivity contribution in [3.8, 4) is 0 Å². The molecule has 0 aromatic carbocycles. The monoisotopic (exact) mass is 251 g/mol. The minimum absolute atomic E-state index is 0.197. The predicted molar refractivity (Wildman–Crippen MR) is 65.0 cm³/mol. The van der Waals surface area contributed by atoms with E-state index >= 15 is 0 Å². The van der Waals surface area contributed by atoms with E-state index in [4.69, 9.17) is 21.8 Å². The number of halogens is 1. The Morgan fingerprint density at radius 3 is 3.24 bits per heavy atom. The van der Waals surface area contributed by atoms with E-state index in [1.54, 1.807) is 6.26 Å². The smallest absolute Gasteiger partial charge is 0.150 e. The molecule has 0 amide bonds. The summed E-state index contributed by atoms with van der Waals surface area (Å²) in [5.74, 6) is 1.84. The molecule has 0 aliphatic carbocycles. The van der Waals surface area contributed by atoms with E-state index in [0.717, 1.165) is 36.7 Å². The highest BCUT2D eigenvalue weighted by Crippen LogP contribution is 2.25. The number of hydrogen-bond acceptors (Lipinski definition) is 3. The van der Waals surface area contributed by atoms with Gasteiger partial charge in [-0.15, -0.1) is 0 Å². The first-order valence-electron chi connectivity index (χ1n) is 5.76. The summed E-state index contributed by atoms with van der Waals surface area (Å²) in [6.45, 7) is 0.797. The first-order chi connectivity index (χ1) is 8.24. The molecule has 0 saturated carbocycles. The molecule has 1 unspecified atom stereocenters. The zero-order valence-electron chi connectivity index (χ0n) is 9.40. The van der Waals surface area contributed by atoms with Crippen LogP contribution in [0.4, 0.5) is 0 Å². The van der Waals surface area contributed by atoms with Gasteiger partial charge in [0.15, 0.2) is 5.15 Å². The van der Waals surface area contributed by atoms with Crippen LogP contribution in [0.3, 0.4) is 0 Å². The quantitative estimate of drug-likeness (QED) is 0.888. The SMILES string of the molecule is NC1CCc2c(Cl)nc(Cc3ccco3)n2C1. The Kier molecular flexibility index (Phi) is 2.68. The summed E-state index contributed by atoms with van der Waals surface area (Å²) in [5, 5.41) is 0.610. The number of nitrogens with zero attached hydrogens (tertiary/aromatic N) is 2. The molecule has 3 rings (SSSR count). The molecule has 0 bridgehead atoms.